The Morgan fingerprint density at radius 2 is 1.87 bits per heavy atom. The second-order valence-electron chi connectivity index (χ2n) is 8.85. The van der Waals surface area contributed by atoms with Crippen LogP contribution in [0.25, 0.3) is 0 Å². The van der Waals surface area contributed by atoms with Crippen molar-refractivity contribution in [3.8, 4) is 0 Å². The normalized spacial score (nSPS) is 20.2. The van der Waals surface area contributed by atoms with E-state index in [4.69, 9.17) is 4.52 Å². The number of aryl methyl sites for hydroxylation is 2. The molecule has 1 saturated heterocycles. The van der Waals surface area contributed by atoms with Gasteiger partial charge in [0.2, 0.25) is 11.7 Å². The first kappa shape index (κ1) is 20.6. The average Bonchev–Trinajstić information content (AvgIpc) is 3.26. The van der Waals surface area contributed by atoms with Gasteiger partial charge in [-0.3, -0.25) is 9.59 Å². The number of nitrogens with zero attached hydrogens (tertiary/aromatic N) is 2. The van der Waals surface area contributed by atoms with Crippen molar-refractivity contribution in [2.45, 2.75) is 64.7 Å². The predicted octanol–water partition coefficient (Wildman–Crippen LogP) is 4.83. The van der Waals surface area contributed by atoms with Crippen LogP contribution in [0.15, 0.2) is 28.8 Å². The zero-order chi connectivity index (χ0) is 21.1. The molecule has 1 saturated carbocycles. The number of aromatic nitrogens is 1. The zero-order valence-electron chi connectivity index (χ0n) is 17.9. The van der Waals surface area contributed by atoms with Gasteiger partial charge in [0.15, 0.2) is 0 Å². The molecule has 2 amide bonds. The van der Waals surface area contributed by atoms with Gasteiger partial charge in [0.1, 0.15) is 0 Å². The minimum Gasteiger partial charge on any atom is -0.351 e. The molecule has 1 aliphatic heterocycles. The smallest absolute Gasteiger partial charge is 0.294 e. The Morgan fingerprint density at radius 3 is 2.63 bits per heavy atom. The lowest BCUT2D eigenvalue weighted by Gasteiger charge is -2.35. The van der Waals surface area contributed by atoms with Gasteiger partial charge in [0.25, 0.3) is 5.91 Å². The molecule has 1 atom stereocenters. The fourth-order valence-corrected chi connectivity index (χ4v) is 4.75. The Bertz CT molecular complexity index is 914. The van der Waals surface area contributed by atoms with E-state index in [-0.39, 0.29) is 23.5 Å². The van der Waals surface area contributed by atoms with Crippen molar-refractivity contribution in [1.82, 2.24) is 10.1 Å². The fourth-order valence-electron chi connectivity index (χ4n) is 4.75. The van der Waals surface area contributed by atoms with Crippen molar-refractivity contribution in [1.29, 1.82) is 0 Å². The molecule has 160 valence electrons. The third-order valence-electron chi connectivity index (χ3n) is 6.49. The van der Waals surface area contributed by atoms with Crippen molar-refractivity contribution in [3.63, 3.8) is 0 Å². The summed E-state index contributed by atoms with van der Waals surface area (Å²) in [5.74, 6) is 0.523. The standard InChI is InChI=1S/C24H31N3O3/c1-16-10-11-20(17(2)13-16)25-23(28)22-14-21(26-30-22)19-9-6-12-27(15-19)24(29)18-7-4-3-5-8-18/h10-11,13-14,18-19H,3-9,12,15H2,1-2H3,(H,25,28)/t19-/m0/s1. The number of benzene rings is 1. The van der Waals surface area contributed by atoms with Crippen LogP contribution < -0.4 is 5.32 Å². The molecule has 2 aromatic rings. The van der Waals surface area contributed by atoms with E-state index < -0.39 is 0 Å². The van der Waals surface area contributed by atoms with Crippen LogP contribution >= 0.6 is 0 Å². The molecule has 1 aromatic carbocycles. The Morgan fingerprint density at radius 1 is 1.07 bits per heavy atom. The minimum absolute atomic E-state index is 0.123. The van der Waals surface area contributed by atoms with Gasteiger partial charge >= 0.3 is 0 Å². The van der Waals surface area contributed by atoms with E-state index in [0.29, 0.717) is 12.5 Å². The van der Waals surface area contributed by atoms with Crippen LogP contribution in [-0.2, 0) is 4.79 Å². The number of piperidine rings is 1. The number of hydrogen-bond acceptors (Lipinski definition) is 4. The second kappa shape index (κ2) is 9.02. The van der Waals surface area contributed by atoms with Crippen molar-refractivity contribution >= 4 is 17.5 Å². The monoisotopic (exact) mass is 409 g/mol. The molecule has 6 nitrogen and oxygen atoms in total. The lowest BCUT2D eigenvalue weighted by atomic mass is 9.87. The number of carbonyl (C=O) groups is 2. The van der Waals surface area contributed by atoms with Crippen molar-refractivity contribution < 1.29 is 14.1 Å². The number of rotatable bonds is 4. The summed E-state index contributed by atoms with van der Waals surface area (Å²) in [5, 5.41) is 7.07. The highest BCUT2D eigenvalue weighted by Crippen LogP contribution is 2.31. The largest absolute Gasteiger partial charge is 0.351 e. The summed E-state index contributed by atoms with van der Waals surface area (Å²) in [5.41, 5.74) is 3.69. The highest BCUT2D eigenvalue weighted by atomic mass is 16.5. The van der Waals surface area contributed by atoms with Crippen molar-refractivity contribution in [2.75, 3.05) is 18.4 Å². The van der Waals surface area contributed by atoms with E-state index in [0.717, 1.165) is 67.6 Å². The van der Waals surface area contributed by atoms with Gasteiger partial charge in [-0.15, -0.1) is 0 Å². The van der Waals surface area contributed by atoms with Crippen molar-refractivity contribution in [3.05, 3.63) is 46.8 Å². The quantitative estimate of drug-likeness (QED) is 0.785. The fraction of sp³-hybridized carbons (Fsp3) is 0.542. The molecule has 2 fully saturated rings. The summed E-state index contributed by atoms with van der Waals surface area (Å²) in [6, 6.07) is 7.63. The first-order valence-corrected chi connectivity index (χ1v) is 11.2. The number of amides is 2. The molecule has 6 heteroatoms. The molecule has 30 heavy (non-hydrogen) atoms. The van der Waals surface area contributed by atoms with E-state index in [1.807, 2.05) is 36.9 Å². The average molecular weight is 410 g/mol. The van der Waals surface area contributed by atoms with Crippen LogP contribution in [0.3, 0.4) is 0 Å². The maximum absolute atomic E-state index is 12.9. The van der Waals surface area contributed by atoms with Crippen LogP contribution in [-0.4, -0.2) is 35.0 Å². The number of likely N-dealkylation sites (tertiary alicyclic amines) is 1. The van der Waals surface area contributed by atoms with Gasteiger partial charge in [0, 0.05) is 36.7 Å². The molecule has 2 aliphatic rings. The molecule has 2 heterocycles. The van der Waals surface area contributed by atoms with Crippen LogP contribution in [0.4, 0.5) is 5.69 Å². The number of anilines is 1. The summed E-state index contributed by atoms with van der Waals surface area (Å²) in [6.07, 6.45) is 7.53. The summed E-state index contributed by atoms with van der Waals surface area (Å²) in [4.78, 5) is 27.5. The molecular weight excluding hydrogens is 378 g/mol. The van der Waals surface area contributed by atoms with Gasteiger partial charge in [-0.2, -0.15) is 0 Å². The maximum Gasteiger partial charge on any atom is 0.294 e. The minimum atomic E-state index is -0.299. The van der Waals surface area contributed by atoms with E-state index in [1.54, 1.807) is 6.07 Å². The predicted molar refractivity (Wildman–Crippen MR) is 116 cm³/mol. The lowest BCUT2D eigenvalue weighted by Crippen LogP contribution is -2.42. The van der Waals surface area contributed by atoms with Crippen LogP contribution in [0.5, 0.6) is 0 Å². The molecule has 1 N–H and O–H groups in total. The third kappa shape index (κ3) is 4.58. The molecule has 0 bridgehead atoms. The van der Waals surface area contributed by atoms with Gasteiger partial charge in [-0.25, -0.2) is 0 Å². The first-order valence-electron chi connectivity index (χ1n) is 11.2. The molecule has 4 rings (SSSR count). The molecule has 1 aliphatic carbocycles. The molecule has 1 aromatic heterocycles. The van der Waals surface area contributed by atoms with Gasteiger partial charge in [-0.1, -0.05) is 42.1 Å². The van der Waals surface area contributed by atoms with Crippen LogP contribution in [0, 0.1) is 19.8 Å². The highest BCUT2D eigenvalue weighted by Gasteiger charge is 2.31. The molecule has 0 unspecified atom stereocenters. The van der Waals surface area contributed by atoms with E-state index in [1.165, 1.54) is 6.42 Å². The topological polar surface area (TPSA) is 75.4 Å². The molecule has 0 radical (unpaired) electrons. The summed E-state index contributed by atoms with van der Waals surface area (Å²) in [7, 11) is 0. The van der Waals surface area contributed by atoms with E-state index in [9.17, 15) is 9.59 Å². The van der Waals surface area contributed by atoms with Gasteiger partial charge < -0.3 is 14.7 Å². The summed E-state index contributed by atoms with van der Waals surface area (Å²) in [6.45, 7) is 5.48. The van der Waals surface area contributed by atoms with E-state index >= 15 is 0 Å². The SMILES string of the molecule is Cc1ccc(NC(=O)c2cc([C@H]3CCCN(C(=O)C4CCCCC4)C3)no2)c(C)c1. The Hall–Kier alpha value is -2.63. The molecule has 0 spiro atoms. The number of nitrogens with one attached hydrogen (secondary N) is 1. The molecular formula is C24H31N3O3. The Balaban J connectivity index is 1.40. The number of carbonyl (C=O) groups excluding carboxylic acids is 2. The number of hydrogen-bond donors (Lipinski definition) is 1. The summed E-state index contributed by atoms with van der Waals surface area (Å²) >= 11 is 0. The summed E-state index contributed by atoms with van der Waals surface area (Å²) < 4.78 is 5.36. The Labute approximate surface area is 178 Å². The maximum atomic E-state index is 12.9. The van der Waals surface area contributed by atoms with Crippen molar-refractivity contribution in [2.24, 2.45) is 5.92 Å². The lowest BCUT2D eigenvalue weighted by molar-refractivity contribution is -0.137. The third-order valence-corrected chi connectivity index (χ3v) is 6.49. The Kier molecular flexibility index (Phi) is 6.21. The van der Waals surface area contributed by atoms with Gasteiger partial charge in [0.05, 0.1) is 5.69 Å². The van der Waals surface area contributed by atoms with Gasteiger partial charge in [-0.05, 0) is 51.2 Å². The van der Waals surface area contributed by atoms with Crippen LogP contribution in [0.2, 0.25) is 0 Å². The highest BCUT2D eigenvalue weighted by molar-refractivity contribution is 6.02. The van der Waals surface area contributed by atoms with Crippen LogP contribution in [0.1, 0.15) is 78.2 Å². The van der Waals surface area contributed by atoms with E-state index in [2.05, 4.69) is 10.5 Å². The zero-order valence-corrected chi connectivity index (χ0v) is 17.9. The first-order chi connectivity index (χ1) is 14.5. The second-order valence-corrected chi connectivity index (χ2v) is 8.85.